The van der Waals surface area contributed by atoms with Crippen LogP contribution in [-0.2, 0) is 16.0 Å². The van der Waals surface area contributed by atoms with Gasteiger partial charge in [-0.3, -0.25) is 14.9 Å². The number of hydrogen-bond acceptors (Lipinski definition) is 5. The number of hydrogen-bond donors (Lipinski definition) is 2. The molecule has 2 N–H and O–H groups in total. The monoisotopic (exact) mass is 375 g/mol. The van der Waals surface area contributed by atoms with E-state index in [1.54, 1.807) is 29.6 Å². The SMILES string of the molecule is CC(C)COCCCNC(=O)Cc1csc(NC(=O)c2ccccc2)n1. The first-order valence-electron chi connectivity index (χ1n) is 8.70. The van der Waals surface area contributed by atoms with E-state index in [2.05, 4.69) is 29.5 Å². The lowest BCUT2D eigenvalue weighted by Gasteiger charge is -2.07. The van der Waals surface area contributed by atoms with Gasteiger partial charge < -0.3 is 10.1 Å². The van der Waals surface area contributed by atoms with E-state index >= 15 is 0 Å². The molecule has 2 amide bonds. The molecule has 6 nitrogen and oxygen atoms in total. The fourth-order valence-electron chi connectivity index (χ4n) is 2.15. The van der Waals surface area contributed by atoms with Gasteiger partial charge in [0.1, 0.15) is 0 Å². The zero-order valence-corrected chi connectivity index (χ0v) is 16.0. The van der Waals surface area contributed by atoms with Gasteiger partial charge in [0.15, 0.2) is 5.13 Å². The van der Waals surface area contributed by atoms with Crippen LogP contribution in [0, 0.1) is 5.92 Å². The molecule has 1 heterocycles. The lowest BCUT2D eigenvalue weighted by atomic mass is 10.2. The molecule has 0 bridgehead atoms. The Bertz CT molecular complexity index is 701. The zero-order chi connectivity index (χ0) is 18.8. The van der Waals surface area contributed by atoms with Crippen molar-refractivity contribution in [3.8, 4) is 0 Å². The zero-order valence-electron chi connectivity index (χ0n) is 15.2. The number of rotatable bonds is 10. The van der Waals surface area contributed by atoms with Gasteiger partial charge >= 0.3 is 0 Å². The van der Waals surface area contributed by atoms with Crippen molar-refractivity contribution < 1.29 is 14.3 Å². The number of nitrogens with zero attached hydrogens (tertiary/aromatic N) is 1. The van der Waals surface area contributed by atoms with Crippen molar-refractivity contribution in [2.45, 2.75) is 26.7 Å². The van der Waals surface area contributed by atoms with Crippen LogP contribution in [-0.4, -0.2) is 36.6 Å². The Kier molecular flexibility index (Phi) is 8.24. The van der Waals surface area contributed by atoms with E-state index in [4.69, 9.17) is 4.74 Å². The smallest absolute Gasteiger partial charge is 0.257 e. The van der Waals surface area contributed by atoms with E-state index in [9.17, 15) is 9.59 Å². The Labute approximate surface area is 158 Å². The minimum Gasteiger partial charge on any atom is -0.381 e. The number of anilines is 1. The average Bonchev–Trinajstić information content (AvgIpc) is 3.05. The van der Waals surface area contributed by atoms with Gasteiger partial charge in [-0.1, -0.05) is 32.0 Å². The molecule has 0 atom stereocenters. The summed E-state index contributed by atoms with van der Waals surface area (Å²) in [5.41, 5.74) is 1.22. The molecule has 140 valence electrons. The summed E-state index contributed by atoms with van der Waals surface area (Å²) in [4.78, 5) is 28.3. The molecule has 2 aromatic rings. The van der Waals surface area contributed by atoms with Crippen LogP contribution >= 0.6 is 11.3 Å². The highest BCUT2D eigenvalue weighted by atomic mass is 32.1. The molecule has 1 aromatic carbocycles. The Hall–Kier alpha value is -2.25. The molecule has 0 aliphatic carbocycles. The van der Waals surface area contributed by atoms with E-state index in [-0.39, 0.29) is 18.2 Å². The number of benzene rings is 1. The maximum absolute atomic E-state index is 12.1. The van der Waals surface area contributed by atoms with Gasteiger partial charge in [-0.15, -0.1) is 11.3 Å². The summed E-state index contributed by atoms with van der Waals surface area (Å²) in [6, 6.07) is 8.94. The molecule has 0 fully saturated rings. The fourth-order valence-corrected chi connectivity index (χ4v) is 2.86. The molecule has 0 spiro atoms. The van der Waals surface area contributed by atoms with Crippen LogP contribution in [0.15, 0.2) is 35.7 Å². The molecule has 7 heteroatoms. The average molecular weight is 375 g/mol. The van der Waals surface area contributed by atoms with Crippen molar-refractivity contribution in [1.82, 2.24) is 10.3 Å². The van der Waals surface area contributed by atoms with Gasteiger partial charge in [0, 0.05) is 30.7 Å². The third kappa shape index (κ3) is 7.33. The number of carbonyl (C=O) groups excluding carboxylic acids is 2. The Morgan fingerprint density at radius 2 is 2.00 bits per heavy atom. The van der Waals surface area contributed by atoms with E-state index in [1.807, 2.05) is 6.07 Å². The summed E-state index contributed by atoms with van der Waals surface area (Å²) in [6.45, 7) is 6.17. The third-order valence-electron chi connectivity index (χ3n) is 3.39. The van der Waals surface area contributed by atoms with Crippen LogP contribution in [0.5, 0.6) is 0 Å². The summed E-state index contributed by atoms with van der Waals surface area (Å²) in [6.07, 6.45) is 0.985. The molecular formula is C19H25N3O3S. The lowest BCUT2D eigenvalue weighted by Crippen LogP contribution is -2.27. The molecule has 26 heavy (non-hydrogen) atoms. The summed E-state index contributed by atoms with van der Waals surface area (Å²) >= 11 is 1.31. The number of carbonyl (C=O) groups is 2. The minimum absolute atomic E-state index is 0.0832. The predicted octanol–water partition coefficient (Wildman–Crippen LogP) is 3.12. The highest BCUT2D eigenvalue weighted by Gasteiger charge is 2.10. The first-order valence-corrected chi connectivity index (χ1v) is 9.58. The topological polar surface area (TPSA) is 80.3 Å². The second kappa shape index (κ2) is 10.7. The number of ether oxygens (including phenoxy) is 1. The minimum atomic E-state index is -0.211. The van der Waals surface area contributed by atoms with Crippen LogP contribution in [0.3, 0.4) is 0 Å². The van der Waals surface area contributed by atoms with Crippen molar-refractivity contribution in [2.75, 3.05) is 25.1 Å². The van der Waals surface area contributed by atoms with Gasteiger partial charge in [-0.2, -0.15) is 0 Å². The van der Waals surface area contributed by atoms with Gasteiger partial charge in [-0.25, -0.2) is 4.98 Å². The summed E-state index contributed by atoms with van der Waals surface area (Å²) < 4.78 is 5.47. The van der Waals surface area contributed by atoms with E-state index in [0.29, 0.717) is 35.5 Å². The van der Waals surface area contributed by atoms with Crippen molar-refractivity contribution >= 4 is 28.3 Å². The number of amides is 2. The van der Waals surface area contributed by atoms with Crippen molar-refractivity contribution in [1.29, 1.82) is 0 Å². The lowest BCUT2D eigenvalue weighted by molar-refractivity contribution is -0.120. The Morgan fingerprint density at radius 1 is 1.23 bits per heavy atom. The maximum Gasteiger partial charge on any atom is 0.257 e. The van der Waals surface area contributed by atoms with E-state index in [0.717, 1.165) is 13.0 Å². The van der Waals surface area contributed by atoms with Gasteiger partial charge in [0.25, 0.3) is 5.91 Å². The maximum atomic E-state index is 12.1. The van der Waals surface area contributed by atoms with Gasteiger partial charge in [-0.05, 0) is 24.5 Å². The van der Waals surface area contributed by atoms with Crippen LogP contribution in [0.25, 0.3) is 0 Å². The van der Waals surface area contributed by atoms with Crippen LogP contribution in [0.2, 0.25) is 0 Å². The second-order valence-corrected chi connectivity index (χ2v) is 7.17. The summed E-state index contributed by atoms with van der Waals surface area (Å²) in [7, 11) is 0. The highest BCUT2D eigenvalue weighted by molar-refractivity contribution is 7.14. The Balaban J connectivity index is 1.69. The van der Waals surface area contributed by atoms with Crippen LogP contribution in [0.4, 0.5) is 5.13 Å². The number of aromatic nitrogens is 1. The largest absolute Gasteiger partial charge is 0.381 e. The number of thiazole rings is 1. The molecular weight excluding hydrogens is 350 g/mol. The van der Waals surface area contributed by atoms with Gasteiger partial charge in [0.2, 0.25) is 5.91 Å². The van der Waals surface area contributed by atoms with Crippen LogP contribution in [0.1, 0.15) is 36.3 Å². The molecule has 2 rings (SSSR count). The molecule has 1 aromatic heterocycles. The van der Waals surface area contributed by atoms with Gasteiger partial charge in [0.05, 0.1) is 12.1 Å². The van der Waals surface area contributed by atoms with Crippen molar-refractivity contribution in [3.05, 3.63) is 47.0 Å². The normalized spacial score (nSPS) is 10.7. The summed E-state index contributed by atoms with van der Waals surface area (Å²) in [5, 5.41) is 7.87. The number of nitrogens with one attached hydrogen (secondary N) is 2. The molecule has 0 unspecified atom stereocenters. The summed E-state index contributed by atoms with van der Waals surface area (Å²) in [5.74, 6) is 0.225. The second-order valence-electron chi connectivity index (χ2n) is 6.31. The molecule has 0 saturated carbocycles. The highest BCUT2D eigenvalue weighted by Crippen LogP contribution is 2.17. The van der Waals surface area contributed by atoms with Crippen molar-refractivity contribution in [3.63, 3.8) is 0 Å². The predicted molar refractivity (Wildman–Crippen MR) is 103 cm³/mol. The first-order chi connectivity index (χ1) is 12.5. The van der Waals surface area contributed by atoms with Crippen molar-refractivity contribution in [2.24, 2.45) is 5.92 Å². The first kappa shape index (κ1) is 20.1. The molecule has 0 aliphatic heterocycles. The van der Waals surface area contributed by atoms with Crippen LogP contribution < -0.4 is 10.6 Å². The fraction of sp³-hybridized carbons (Fsp3) is 0.421. The Morgan fingerprint density at radius 3 is 2.73 bits per heavy atom. The molecule has 0 saturated heterocycles. The van der Waals surface area contributed by atoms with E-state index in [1.165, 1.54) is 11.3 Å². The third-order valence-corrected chi connectivity index (χ3v) is 4.20. The molecule has 0 aliphatic rings. The standard InChI is InChI=1S/C19H25N3O3S/c1-14(2)12-25-10-6-9-20-17(23)11-16-13-26-19(21-16)22-18(24)15-7-4-3-5-8-15/h3-5,7-8,13-14H,6,9-12H2,1-2H3,(H,20,23)(H,21,22,24). The molecule has 0 radical (unpaired) electrons. The quantitative estimate of drug-likeness (QED) is 0.625. The van der Waals surface area contributed by atoms with E-state index < -0.39 is 0 Å².